The van der Waals surface area contributed by atoms with E-state index in [0.717, 1.165) is 25.3 Å². The Kier molecular flexibility index (Phi) is 6.79. The van der Waals surface area contributed by atoms with Gasteiger partial charge in [-0.15, -0.1) is 0 Å². The van der Waals surface area contributed by atoms with Crippen LogP contribution in [0.1, 0.15) is 37.9 Å². The van der Waals surface area contributed by atoms with Crippen LogP contribution >= 0.6 is 0 Å². The highest BCUT2D eigenvalue weighted by molar-refractivity contribution is 5.91. The quantitative estimate of drug-likeness (QED) is 0.509. The molecular formula is C24H28N4O5. The minimum atomic E-state index is -0.399. The Balaban J connectivity index is 1.26. The fourth-order valence-electron chi connectivity index (χ4n) is 3.84. The molecule has 0 bridgehead atoms. The van der Waals surface area contributed by atoms with Crippen molar-refractivity contribution in [2.75, 3.05) is 33.3 Å². The molecule has 33 heavy (non-hydrogen) atoms. The minimum absolute atomic E-state index is 0.110. The molecule has 1 amide bonds. The van der Waals surface area contributed by atoms with Crippen LogP contribution < -0.4 is 4.74 Å². The van der Waals surface area contributed by atoms with Gasteiger partial charge in [0.2, 0.25) is 0 Å². The first kappa shape index (κ1) is 22.6. The maximum atomic E-state index is 12.9. The molecule has 0 spiro atoms. The van der Waals surface area contributed by atoms with E-state index in [1.165, 1.54) is 12.7 Å². The molecular weight excluding hydrogens is 424 g/mol. The predicted molar refractivity (Wildman–Crippen MR) is 120 cm³/mol. The number of hydrogen-bond donors (Lipinski definition) is 0. The normalized spacial score (nSPS) is 14.3. The molecule has 1 aliphatic rings. The molecule has 1 fully saturated rings. The second-order valence-corrected chi connectivity index (χ2v) is 8.05. The van der Waals surface area contributed by atoms with Crippen LogP contribution in [0.4, 0.5) is 0 Å². The number of aryl methyl sites for hydroxylation is 2. The monoisotopic (exact) mass is 452 g/mol. The standard InChI is InChI=1S/C24H28N4O5/c1-17-19(14-26(2)25-17)15-27-10-12-28(13-11-27)23(29)22-9-8-21(33-22)16-32-20-6-4-18(5-7-20)24(30)31-3/h4-9,14H,10-13,15-16H2,1-3H3. The number of amides is 1. The van der Waals surface area contributed by atoms with Crippen molar-refractivity contribution in [1.82, 2.24) is 19.6 Å². The summed E-state index contributed by atoms with van der Waals surface area (Å²) in [5.74, 6) is 0.948. The summed E-state index contributed by atoms with van der Waals surface area (Å²) in [7, 11) is 3.27. The third kappa shape index (κ3) is 5.43. The van der Waals surface area contributed by atoms with Crippen LogP contribution in [-0.4, -0.2) is 64.7 Å². The largest absolute Gasteiger partial charge is 0.486 e. The average molecular weight is 453 g/mol. The molecule has 0 saturated carbocycles. The van der Waals surface area contributed by atoms with Gasteiger partial charge < -0.3 is 18.8 Å². The number of hydrogen-bond acceptors (Lipinski definition) is 7. The number of aromatic nitrogens is 2. The van der Waals surface area contributed by atoms with E-state index in [4.69, 9.17) is 9.15 Å². The fraction of sp³-hybridized carbons (Fsp3) is 0.375. The minimum Gasteiger partial charge on any atom is -0.486 e. The van der Waals surface area contributed by atoms with Crippen molar-refractivity contribution in [2.45, 2.75) is 20.1 Å². The summed E-state index contributed by atoms with van der Waals surface area (Å²) in [4.78, 5) is 28.5. The zero-order valence-electron chi connectivity index (χ0n) is 19.1. The smallest absolute Gasteiger partial charge is 0.337 e. The number of carbonyl (C=O) groups excluding carboxylic acids is 2. The Morgan fingerprint density at radius 1 is 1.06 bits per heavy atom. The third-order valence-corrected chi connectivity index (χ3v) is 5.70. The lowest BCUT2D eigenvalue weighted by molar-refractivity contribution is 0.0590. The number of piperazine rings is 1. The van der Waals surface area contributed by atoms with Gasteiger partial charge in [0, 0.05) is 51.5 Å². The molecule has 3 aromatic rings. The summed E-state index contributed by atoms with van der Waals surface area (Å²) in [6.45, 7) is 5.95. The van der Waals surface area contributed by atoms with Crippen molar-refractivity contribution in [3.05, 3.63) is 70.9 Å². The maximum Gasteiger partial charge on any atom is 0.337 e. The molecule has 0 N–H and O–H groups in total. The van der Waals surface area contributed by atoms with Gasteiger partial charge in [-0.1, -0.05) is 0 Å². The van der Waals surface area contributed by atoms with Gasteiger partial charge in [0.25, 0.3) is 5.91 Å². The third-order valence-electron chi connectivity index (χ3n) is 5.70. The van der Waals surface area contributed by atoms with E-state index in [-0.39, 0.29) is 12.5 Å². The lowest BCUT2D eigenvalue weighted by Crippen LogP contribution is -2.48. The van der Waals surface area contributed by atoms with Gasteiger partial charge in [-0.2, -0.15) is 5.10 Å². The number of methoxy groups -OCH3 is 1. The van der Waals surface area contributed by atoms with Crippen LogP contribution in [0.2, 0.25) is 0 Å². The summed E-state index contributed by atoms with van der Waals surface area (Å²) in [5, 5.41) is 4.39. The average Bonchev–Trinajstić information content (AvgIpc) is 3.43. The van der Waals surface area contributed by atoms with Crippen LogP contribution in [0.3, 0.4) is 0 Å². The summed E-state index contributed by atoms with van der Waals surface area (Å²) < 4.78 is 17.9. The van der Waals surface area contributed by atoms with Gasteiger partial charge >= 0.3 is 5.97 Å². The number of carbonyl (C=O) groups is 2. The number of esters is 1. The Labute approximate surface area is 192 Å². The molecule has 9 heteroatoms. The van der Waals surface area contributed by atoms with Crippen LogP contribution in [0.25, 0.3) is 0 Å². The highest BCUT2D eigenvalue weighted by Crippen LogP contribution is 2.18. The van der Waals surface area contributed by atoms with E-state index in [1.807, 2.05) is 29.7 Å². The fourth-order valence-corrected chi connectivity index (χ4v) is 3.84. The molecule has 1 saturated heterocycles. The predicted octanol–water partition coefficient (Wildman–Crippen LogP) is 2.65. The lowest BCUT2D eigenvalue weighted by atomic mass is 10.2. The van der Waals surface area contributed by atoms with Gasteiger partial charge in [-0.3, -0.25) is 14.4 Å². The second kappa shape index (κ2) is 9.91. The molecule has 0 radical (unpaired) electrons. The van der Waals surface area contributed by atoms with Gasteiger partial charge in [-0.25, -0.2) is 4.79 Å². The molecule has 2 aromatic heterocycles. The first-order valence-electron chi connectivity index (χ1n) is 10.8. The van der Waals surface area contributed by atoms with E-state index in [1.54, 1.807) is 36.4 Å². The molecule has 4 rings (SSSR count). The highest BCUT2D eigenvalue weighted by Gasteiger charge is 2.25. The molecule has 9 nitrogen and oxygen atoms in total. The summed E-state index contributed by atoms with van der Waals surface area (Å²) in [6, 6.07) is 10.1. The molecule has 3 heterocycles. The van der Waals surface area contributed by atoms with Crippen molar-refractivity contribution in [2.24, 2.45) is 7.05 Å². The summed E-state index contributed by atoms with van der Waals surface area (Å²) >= 11 is 0. The molecule has 0 unspecified atom stereocenters. The topological polar surface area (TPSA) is 90.0 Å². The molecule has 1 aliphatic heterocycles. The van der Waals surface area contributed by atoms with Gasteiger partial charge in [0.1, 0.15) is 18.1 Å². The van der Waals surface area contributed by atoms with Crippen LogP contribution in [0, 0.1) is 6.92 Å². The molecule has 0 atom stereocenters. The molecule has 1 aromatic carbocycles. The zero-order chi connectivity index (χ0) is 23.4. The van der Waals surface area contributed by atoms with E-state index in [0.29, 0.717) is 35.9 Å². The summed E-state index contributed by atoms with van der Waals surface area (Å²) in [6.07, 6.45) is 2.05. The first-order valence-corrected chi connectivity index (χ1v) is 10.8. The Hall–Kier alpha value is -3.59. The van der Waals surface area contributed by atoms with Gasteiger partial charge in [0.05, 0.1) is 18.4 Å². The Morgan fingerprint density at radius 2 is 1.79 bits per heavy atom. The maximum absolute atomic E-state index is 12.9. The van der Waals surface area contributed by atoms with Crippen LogP contribution in [0.15, 0.2) is 47.0 Å². The number of ether oxygens (including phenoxy) is 2. The van der Waals surface area contributed by atoms with E-state index >= 15 is 0 Å². The van der Waals surface area contributed by atoms with Crippen molar-refractivity contribution >= 4 is 11.9 Å². The highest BCUT2D eigenvalue weighted by atomic mass is 16.5. The molecule has 174 valence electrons. The lowest BCUT2D eigenvalue weighted by Gasteiger charge is -2.34. The Morgan fingerprint density at radius 3 is 2.42 bits per heavy atom. The SMILES string of the molecule is COC(=O)c1ccc(OCc2ccc(C(=O)N3CCN(Cc4cn(C)nc4C)CC3)o2)cc1. The number of rotatable bonds is 7. The zero-order valence-corrected chi connectivity index (χ0v) is 19.1. The van der Waals surface area contributed by atoms with Crippen LogP contribution in [0.5, 0.6) is 5.75 Å². The van der Waals surface area contributed by atoms with Crippen molar-refractivity contribution in [1.29, 1.82) is 0 Å². The molecule has 0 aliphatic carbocycles. The first-order chi connectivity index (χ1) is 15.9. The number of nitrogens with zero attached hydrogens (tertiary/aromatic N) is 4. The van der Waals surface area contributed by atoms with Crippen LogP contribution in [-0.2, 0) is 24.9 Å². The van der Waals surface area contributed by atoms with Gasteiger partial charge in [0.15, 0.2) is 5.76 Å². The number of benzene rings is 1. The van der Waals surface area contributed by atoms with E-state index in [9.17, 15) is 9.59 Å². The van der Waals surface area contributed by atoms with E-state index < -0.39 is 5.97 Å². The van der Waals surface area contributed by atoms with Crippen molar-refractivity contribution in [3.63, 3.8) is 0 Å². The van der Waals surface area contributed by atoms with Gasteiger partial charge in [-0.05, 0) is 43.3 Å². The van der Waals surface area contributed by atoms with Crippen molar-refractivity contribution in [3.8, 4) is 5.75 Å². The van der Waals surface area contributed by atoms with Crippen molar-refractivity contribution < 1.29 is 23.5 Å². The number of furan rings is 1. The second-order valence-electron chi connectivity index (χ2n) is 8.05. The van der Waals surface area contributed by atoms with E-state index in [2.05, 4.69) is 14.7 Å². The summed E-state index contributed by atoms with van der Waals surface area (Å²) in [5.41, 5.74) is 2.71. The Bertz CT molecular complexity index is 1110.